The van der Waals surface area contributed by atoms with E-state index < -0.39 is 11.9 Å². The van der Waals surface area contributed by atoms with Crippen molar-refractivity contribution in [2.24, 2.45) is 11.0 Å². The van der Waals surface area contributed by atoms with Gasteiger partial charge in [0.15, 0.2) is 11.5 Å². The van der Waals surface area contributed by atoms with E-state index in [1.165, 1.54) is 13.3 Å². The van der Waals surface area contributed by atoms with Crippen molar-refractivity contribution in [1.29, 1.82) is 5.26 Å². The van der Waals surface area contributed by atoms with Gasteiger partial charge in [-0.15, -0.1) is 0 Å². The van der Waals surface area contributed by atoms with Crippen LogP contribution in [0.2, 0.25) is 0 Å². The van der Waals surface area contributed by atoms with Crippen LogP contribution in [0.5, 0.6) is 11.5 Å². The summed E-state index contributed by atoms with van der Waals surface area (Å²) in [6.07, 6.45) is 1.47. The maximum Gasteiger partial charge on any atom is 0.262 e. The first kappa shape index (κ1) is 28.4. The molecule has 1 unspecified atom stereocenters. The number of amides is 2. The van der Waals surface area contributed by atoms with E-state index in [9.17, 15) is 14.9 Å². The van der Waals surface area contributed by atoms with E-state index in [2.05, 4.69) is 37.8 Å². The monoisotopic (exact) mass is 576 g/mol. The largest absolute Gasteiger partial charge is 0.493 e. The molecule has 0 aliphatic rings. The van der Waals surface area contributed by atoms with Gasteiger partial charge in [0.05, 0.1) is 29.4 Å². The SMILES string of the molecule is COc1cc(/C=N/NC(=O)C(NC(=O)c2ccc(C)cc2)C(C)C)cc(Br)c1OCc1ccccc1C#N. The minimum absolute atomic E-state index is 0.156. The van der Waals surface area contributed by atoms with Crippen molar-refractivity contribution >= 4 is 34.0 Å². The molecule has 1 atom stereocenters. The van der Waals surface area contributed by atoms with Crippen molar-refractivity contribution in [2.45, 2.75) is 33.4 Å². The van der Waals surface area contributed by atoms with Crippen LogP contribution in [0.4, 0.5) is 0 Å². The molecule has 2 amide bonds. The fourth-order valence-corrected chi connectivity index (χ4v) is 4.14. The summed E-state index contributed by atoms with van der Waals surface area (Å²) in [6, 6.07) is 19.2. The first-order chi connectivity index (χ1) is 18.2. The molecule has 3 aromatic carbocycles. The Morgan fingerprint density at radius 1 is 1.13 bits per heavy atom. The quantitative estimate of drug-likeness (QED) is 0.257. The van der Waals surface area contributed by atoms with E-state index in [0.29, 0.717) is 32.7 Å². The lowest BCUT2D eigenvalue weighted by molar-refractivity contribution is -0.123. The van der Waals surface area contributed by atoms with Crippen molar-refractivity contribution in [1.82, 2.24) is 10.7 Å². The molecular formula is C29H29BrN4O4. The fourth-order valence-electron chi connectivity index (χ4n) is 3.56. The molecule has 38 heavy (non-hydrogen) atoms. The van der Waals surface area contributed by atoms with Gasteiger partial charge < -0.3 is 14.8 Å². The second-order valence-electron chi connectivity index (χ2n) is 8.89. The van der Waals surface area contributed by atoms with E-state index >= 15 is 0 Å². The maximum atomic E-state index is 12.8. The number of aryl methyl sites for hydroxylation is 1. The van der Waals surface area contributed by atoms with E-state index in [4.69, 9.17) is 9.47 Å². The Morgan fingerprint density at radius 3 is 2.50 bits per heavy atom. The van der Waals surface area contributed by atoms with Crippen LogP contribution in [0.3, 0.4) is 0 Å². The summed E-state index contributed by atoms with van der Waals surface area (Å²) < 4.78 is 12.0. The number of hydrogen-bond acceptors (Lipinski definition) is 6. The van der Waals surface area contributed by atoms with Crippen LogP contribution in [-0.4, -0.2) is 31.2 Å². The molecule has 196 valence electrons. The summed E-state index contributed by atoms with van der Waals surface area (Å²) >= 11 is 3.50. The lowest BCUT2D eigenvalue weighted by atomic mass is 10.0. The number of benzene rings is 3. The second kappa shape index (κ2) is 13.4. The number of nitriles is 1. The van der Waals surface area contributed by atoms with Crippen molar-refractivity contribution in [3.05, 3.63) is 93.0 Å². The second-order valence-corrected chi connectivity index (χ2v) is 9.74. The molecule has 3 rings (SSSR count). The lowest BCUT2D eigenvalue weighted by Crippen LogP contribution is -2.48. The molecule has 0 heterocycles. The normalized spacial score (nSPS) is 11.6. The maximum absolute atomic E-state index is 12.8. The average molecular weight is 577 g/mol. The highest BCUT2D eigenvalue weighted by atomic mass is 79.9. The Morgan fingerprint density at radius 2 is 1.84 bits per heavy atom. The zero-order valence-corrected chi connectivity index (χ0v) is 23.2. The van der Waals surface area contributed by atoms with Gasteiger partial charge in [0.1, 0.15) is 12.6 Å². The summed E-state index contributed by atoms with van der Waals surface area (Å²) in [6.45, 7) is 5.82. The van der Waals surface area contributed by atoms with E-state index in [1.807, 2.05) is 45.0 Å². The van der Waals surface area contributed by atoms with Crippen LogP contribution in [0.1, 0.15) is 46.5 Å². The highest BCUT2D eigenvalue weighted by Gasteiger charge is 2.24. The first-order valence-corrected chi connectivity index (χ1v) is 12.7. The third-order valence-electron chi connectivity index (χ3n) is 5.70. The molecule has 9 heteroatoms. The van der Waals surface area contributed by atoms with Gasteiger partial charge >= 0.3 is 0 Å². The zero-order valence-electron chi connectivity index (χ0n) is 21.6. The first-order valence-electron chi connectivity index (χ1n) is 11.9. The predicted octanol–water partition coefficient (Wildman–Crippen LogP) is 5.12. The summed E-state index contributed by atoms with van der Waals surface area (Å²) in [7, 11) is 1.52. The third-order valence-corrected chi connectivity index (χ3v) is 6.29. The van der Waals surface area contributed by atoms with E-state index in [0.717, 1.165) is 11.1 Å². The molecule has 0 spiro atoms. The predicted molar refractivity (Wildman–Crippen MR) is 149 cm³/mol. The van der Waals surface area contributed by atoms with Gasteiger partial charge in [0, 0.05) is 11.1 Å². The van der Waals surface area contributed by atoms with Gasteiger partial charge in [0.25, 0.3) is 11.8 Å². The lowest BCUT2D eigenvalue weighted by Gasteiger charge is -2.20. The Labute approximate surface area is 230 Å². The molecule has 0 saturated carbocycles. The van der Waals surface area contributed by atoms with Crippen LogP contribution >= 0.6 is 15.9 Å². The topological polar surface area (TPSA) is 113 Å². The molecule has 0 aromatic heterocycles. The van der Waals surface area contributed by atoms with Crippen LogP contribution in [0.15, 0.2) is 70.2 Å². The number of nitrogens with zero attached hydrogens (tertiary/aromatic N) is 2. The molecule has 3 aromatic rings. The van der Waals surface area contributed by atoms with Gasteiger partial charge in [-0.3, -0.25) is 9.59 Å². The molecule has 0 saturated heterocycles. The van der Waals surface area contributed by atoms with E-state index in [1.54, 1.807) is 36.4 Å². The summed E-state index contributed by atoms with van der Waals surface area (Å²) in [5, 5.41) is 16.1. The van der Waals surface area contributed by atoms with Crippen LogP contribution < -0.4 is 20.2 Å². The molecule has 2 N–H and O–H groups in total. The number of hydrazone groups is 1. The van der Waals surface area contributed by atoms with Crippen molar-refractivity contribution in [3.63, 3.8) is 0 Å². The third kappa shape index (κ3) is 7.43. The number of hydrogen-bond donors (Lipinski definition) is 2. The molecule has 0 fully saturated rings. The zero-order chi connectivity index (χ0) is 27.7. The number of rotatable bonds is 10. The number of carbonyl (C=O) groups is 2. The Bertz CT molecular complexity index is 1360. The van der Waals surface area contributed by atoms with Crippen LogP contribution in [-0.2, 0) is 11.4 Å². The van der Waals surface area contributed by atoms with Gasteiger partial charge in [-0.05, 0) is 64.7 Å². The Hall–Kier alpha value is -4.16. The molecule has 0 bridgehead atoms. The smallest absolute Gasteiger partial charge is 0.262 e. The number of methoxy groups -OCH3 is 1. The minimum Gasteiger partial charge on any atom is -0.493 e. The standard InChI is InChI=1S/C29H29BrN4O4/c1-18(2)26(33-28(35)21-11-9-19(3)10-12-21)29(36)34-32-16-20-13-24(30)27(25(14-20)37-4)38-17-23-8-6-5-7-22(23)15-31/h5-14,16,18,26H,17H2,1-4H3,(H,33,35)(H,34,36)/b32-16+. The highest BCUT2D eigenvalue weighted by molar-refractivity contribution is 9.10. The van der Waals surface area contributed by atoms with Crippen molar-refractivity contribution in [2.75, 3.05) is 7.11 Å². The average Bonchev–Trinajstić information content (AvgIpc) is 2.90. The minimum atomic E-state index is -0.769. The molecule has 8 nitrogen and oxygen atoms in total. The summed E-state index contributed by atoms with van der Waals surface area (Å²) in [5.74, 6) is 0.00638. The Balaban J connectivity index is 1.67. The van der Waals surface area contributed by atoms with Gasteiger partial charge in [0.2, 0.25) is 0 Å². The Kier molecular flexibility index (Phi) is 10.0. The van der Waals surface area contributed by atoms with Crippen LogP contribution in [0.25, 0.3) is 0 Å². The fraction of sp³-hybridized carbons (Fsp3) is 0.241. The highest BCUT2D eigenvalue weighted by Crippen LogP contribution is 2.37. The van der Waals surface area contributed by atoms with Crippen molar-refractivity contribution < 1.29 is 19.1 Å². The van der Waals surface area contributed by atoms with Gasteiger partial charge in [-0.25, -0.2) is 5.43 Å². The number of nitrogens with one attached hydrogen (secondary N) is 2. The summed E-state index contributed by atoms with van der Waals surface area (Å²) in [5.41, 5.74) is 5.97. The van der Waals surface area contributed by atoms with Crippen molar-refractivity contribution in [3.8, 4) is 17.6 Å². The number of carbonyl (C=O) groups excluding carboxylic acids is 2. The molecular weight excluding hydrogens is 548 g/mol. The molecule has 0 aliphatic carbocycles. The van der Waals surface area contributed by atoms with Gasteiger partial charge in [-0.1, -0.05) is 49.7 Å². The number of halogens is 1. The van der Waals surface area contributed by atoms with Crippen LogP contribution in [0, 0.1) is 24.2 Å². The van der Waals surface area contributed by atoms with E-state index in [-0.39, 0.29) is 18.4 Å². The number of ether oxygens (including phenoxy) is 2. The molecule has 0 radical (unpaired) electrons. The molecule has 0 aliphatic heterocycles. The van der Waals surface area contributed by atoms with Gasteiger partial charge in [-0.2, -0.15) is 10.4 Å². The summed E-state index contributed by atoms with van der Waals surface area (Å²) in [4.78, 5) is 25.4.